The van der Waals surface area contributed by atoms with Gasteiger partial charge in [0.05, 0.1) is 22.1 Å². The van der Waals surface area contributed by atoms with Crippen LogP contribution in [0.2, 0.25) is 5.02 Å². The largest absolute Gasteiger partial charge is 0.336 e. The maximum absolute atomic E-state index is 12.3. The third-order valence-corrected chi connectivity index (χ3v) is 4.39. The molecule has 2 aromatic rings. The second-order valence-corrected chi connectivity index (χ2v) is 6.18. The standard InChI is InChI=1S/C17H11ClN2O4/c18-10-5-9(7-19-8-10)13-6-14(13)17(23)24-20-15(21)11-3-1-2-4-12(11)16(20)22/h1-5,7-8,13-14H,6H2/t13-,14+/m1/s1. The maximum atomic E-state index is 12.3. The minimum Gasteiger partial charge on any atom is -0.329 e. The molecule has 0 bridgehead atoms. The van der Waals surface area contributed by atoms with Crippen LogP contribution in [0.3, 0.4) is 0 Å². The Morgan fingerprint density at radius 1 is 1.17 bits per heavy atom. The Kier molecular flexibility index (Phi) is 3.35. The van der Waals surface area contributed by atoms with Gasteiger partial charge in [-0.05, 0) is 36.1 Å². The number of fused-ring (bicyclic) bond motifs is 1. The molecule has 1 aliphatic carbocycles. The van der Waals surface area contributed by atoms with Crippen molar-refractivity contribution in [2.45, 2.75) is 12.3 Å². The molecule has 2 amide bonds. The van der Waals surface area contributed by atoms with Crippen LogP contribution >= 0.6 is 11.6 Å². The van der Waals surface area contributed by atoms with Crippen molar-refractivity contribution in [1.29, 1.82) is 0 Å². The van der Waals surface area contributed by atoms with Crippen LogP contribution in [-0.2, 0) is 9.63 Å². The number of rotatable bonds is 3. The minimum atomic E-state index is -0.620. The number of pyridine rings is 1. The molecule has 0 spiro atoms. The lowest BCUT2D eigenvalue weighted by Crippen LogP contribution is -2.33. The van der Waals surface area contributed by atoms with Gasteiger partial charge in [-0.15, -0.1) is 0 Å². The zero-order valence-corrected chi connectivity index (χ0v) is 13.1. The summed E-state index contributed by atoms with van der Waals surface area (Å²) in [5.74, 6) is -2.31. The van der Waals surface area contributed by atoms with E-state index in [4.69, 9.17) is 16.4 Å². The molecule has 1 aromatic heterocycles. The predicted octanol–water partition coefficient (Wildman–Crippen LogP) is 2.59. The highest BCUT2D eigenvalue weighted by Crippen LogP contribution is 2.48. The fourth-order valence-electron chi connectivity index (χ4n) is 2.86. The van der Waals surface area contributed by atoms with Crippen LogP contribution in [0.1, 0.15) is 38.6 Å². The highest BCUT2D eigenvalue weighted by Gasteiger charge is 2.48. The summed E-state index contributed by atoms with van der Waals surface area (Å²) in [6.45, 7) is 0. The third-order valence-electron chi connectivity index (χ3n) is 4.19. The number of hydrogen-bond donors (Lipinski definition) is 0. The van der Waals surface area contributed by atoms with E-state index in [1.165, 1.54) is 18.3 Å². The molecule has 4 rings (SSSR count). The Hall–Kier alpha value is -2.73. The smallest absolute Gasteiger partial charge is 0.329 e. The molecular weight excluding hydrogens is 332 g/mol. The van der Waals surface area contributed by atoms with E-state index in [0.717, 1.165) is 5.56 Å². The molecule has 120 valence electrons. The van der Waals surface area contributed by atoms with Crippen LogP contribution in [0.4, 0.5) is 0 Å². The molecule has 1 saturated carbocycles. The van der Waals surface area contributed by atoms with E-state index in [0.29, 0.717) is 16.5 Å². The van der Waals surface area contributed by atoms with Crippen molar-refractivity contribution in [1.82, 2.24) is 10.0 Å². The van der Waals surface area contributed by atoms with E-state index in [9.17, 15) is 14.4 Å². The molecule has 0 saturated heterocycles. The van der Waals surface area contributed by atoms with E-state index in [1.807, 2.05) is 0 Å². The lowest BCUT2D eigenvalue weighted by Gasteiger charge is -2.12. The monoisotopic (exact) mass is 342 g/mol. The molecule has 2 aliphatic rings. The van der Waals surface area contributed by atoms with Crippen molar-refractivity contribution in [3.8, 4) is 0 Å². The molecule has 24 heavy (non-hydrogen) atoms. The van der Waals surface area contributed by atoms with Gasteiger partial charge in [-0.25, -0.2) is 4.79 Å². The summed E-state index contributed by atoms with van der Waals surface area (Å²) in [5.41, 5.74) is 1.31. The number of hydroxylamine groups is 2. The molecular formula is C17H11ClN2O4. The molecule has 2 heterocycles. The maximum Gasteiger partial charge on any atom is 0.336 e. The normalized spacial score (nSPS) is 21.6. The third kappa shape index (κ3) is 2.35. The number of aromatic nitrogens is 1. The number of amides is 2. The summed E-state index contributed by atoms with van der Waals surface area (Å²) >= 11 is 5.90. The van der Waals surface area contributed by atoms with Crippen LogP contribution in [-0.4, -0.2) is 27.8 Å². The summed E-state index contributed by atoms with van der Waals surface area (Å²) in [4.78, 5) is 45.7. The average molecular weight is 343 g/mol. The molecule has 1 aromatic carbocycles. The molecule has 0 unspecified atom stereocenters. The van der Waals surface area contributed by atoms with Crippen LogP contribution in [0.5, 0.6) is 0 Å². The molecule has 1 fully saturated rings. The first-order valence-corrected chi connectivity index (χ1v) is 7.74. The first-order valence-electron chi connectivity index (χ1n) is 7.36. The van der Waals surface area contributed by atoms with Gasteiger partial charge in [0, 0.05) is 12.4 Å². The number of carbonyl (C=O) groups excluding carboxylic acids is 3. The van der Waals surface area contributed by atoms with Crippen molar-refractivity contribution >= 4 is 29.4 Å². The summed E-state index contributed by atoms with van der Waals surface area (Å²) in [6, 6.07) is 8.10. The van der Waals surface area contributed by atoms with Crippen LogP contribution < -0.4 is 0 Å². The second kappa shape index (κ2) is 5.42. The molecule has 7 heteroatoms. The predicted molar refractivity (Wildman–Crippen MR) is 83.1 cm³/mol. The number of carbonyl (C=O) groups is 3. The van der Waals surface area contributed by atoms with Crippen molar-refractivity contribution in [3.05, 3.63) is 64.4 Å². The Bertz CT molecular complexity index is 847. The van der Waals surface area contributed by atoms with Crippen LogP contribution in [0.25, 0.3) is 0 Å². The van der Waals surface area contributed by atoms with Crippen LogP contribution in [0.15, 0.2) is 42.7 Å². The highest BCUT2D eigenvalue weighted by molar-refractivity contribution is 6.30. The van der Waals surface area contributed by atoms with Gasteiger partial charge in [-0.3, -0.25) is 14.6 Å². The van der Waals surface area contributed by atoms with Gasteiger partial charge in [-0.2, -0.15) is 0 Å². The number of nitrogens with zero attached hydrogens (tertiary/aromatic N) is 2. The van der Waals surface area contributed by atoms with Gasteiger partial charge in [0.25, 0.3) is 11.8 Å². The summed E-state index contributed by atoms with van der Waals surface area (Å²) in [5, 5.41) is 1.03. The molecule has 1 aliphatic heterocycles. The van der Waals surface area contributed by atoms with Gasteiger partial charge < -0.3 is 4.84 Å². The van der Waals surface area contributed by atoms with E-state index in [1.54, 1.807) is 24.4 Å². The van der Waals surface area contributed by atoms with Crippen molar-refractivity contribution in [2.24, 2.45) is 5.92 Å². The minimum absolute atomic E-state index is 0.0566. The SMILES string of the molecule is O=C(ON1C(=O)c2ccccc2C1=O)[C@H]1C[C@@H]1c1cncc(Cl)c1. The molecule has 6 nitrogen and oxygen atoms in total. The topological polar surface area (TPSA) is 76.6 Å². The van der Waals surface area contributed by atoms with E-state index in [-0.39, 0.29) is 17.0 Å². The summed E-state index contributed by atoms with van der Waals surface area (Å²) in [6.07, 6.45) is 3.73. The second-order valence-electron chi connectivity index (χ2n) is 5.75. The summed E-state index contributed by atoms with van der Waals surface area (Å²) in [7, 11) is 0. The van der Waals surface area contributed by atoms with Gasteiger partial charge in [0.15, 0.2) is 0 Å². The lowest BCUT2D eigenvalue weighted by atomic mass is 10.1. The molecule has 0 radical (unpaired) electrons. The average Bonchev–Trinajstić information content (AvgIpc) is 3.35. The number of benzene rings is 1. The van der Waals surface area contributed by atoms with Crippen molar-refractivity contribution in [3.63, 3.8) is 0 Å². The first kappa shape index (κ1) is 14.8. The van der Waals surface area contributed by atoms with Crippen molar-refractivity contribution in [2.75, 3.05) is 0 Å². The summed E-state index contributed by atoms with van der Waals surface area (Å²) < 4.78 is 0. The fourth-order valence-corrected chi connectivity index (χ4v) is 3.05. The lowest BCUT2D eigenvalue weighted by molar-refractivity contribution is -0.170. The zero-order chi connectivity index (χ0) is 16.8. The highest BCUT2D eigenvalue weighted by atomic mass is 35.5. The van der Waals surface area contributed by atoms with Crippen molar-refractivity contribution < 1.29 is 19.2 Å². The number of halogens is 1. The van der Waals surface area contributed by atoms with E-state index in [2.05, 4.69) is 4.98 Å². The van der Waals surface area contributed by atoms with Gasteiger partial charge in [0.1, 0.15) is 0 Å². The molecule has 0 N–H and O–H groups in total. The Morgan fingerprint density at radius 2 is 1.83 bits per heavy atom. The Labute approximate surface area is 142 Å². The fraction of sp³-hybridized carbons (Fsp3) is 0.176. The molecule has 2 atom stereocenters. The Balaban J connectivity index is 1.47. The zero-order valence-electron chi connectivity index (χ0n) is 12.3. The number of imide groups is 1. The van der Waals surface area contributed by atoms with Gasteiger partial charge in [0.2, 0.25) is 0 Å². The van der Waals surface area contributed by atoms with Crippen LogP contribution in [0, 0.1) is 5.92 Å². The Morgan fingerprint density at radius 3 is 2.46 bits per heavy atom. The van der Waals surface area contributed by atoms with Gasteiger partial charge in [-0.1, -0.05) is 28.8 Å². The van der Waals surface area contributed by atoms with Gasteiger partial charge >= 0.3 is 5.97 Å². The van der Waals surface area contributed by atoms with E-state index < -0.39 is 23.7 Å². The first-order chi connectivity index (χ1) is 11.6. The number of hydrogen-bond acceptors (Lipinski definition) is 5. The van der Waals surface area contributed by atoms with E-state index >= 15 is 0 Å². The quantitative estimate of drug-likeness (QED) is 0.801.